The van der Waals surface area contributed by atoms with Crippen molar-refractivity contribution in [2.45, 2.75) is 0 Å². The monoisotopic (exact) mass is 610 g/mol. The summed E-state index contributed by atoms with van der Waals surface area (Å²) in [5.74, 6) is 0. The maximum Gasteiger partial charge on any atom is 0.0254 e. The van der Waals surface area contributed by atoms with Gasteiger partial charge in [0.2, 0.25) is 0 Å². The summed E-state index contributed by atoms with van der Waals surface area (Å²) in [5.41, 5.74) is 9.88. The van der Waals surface area contributed by atoms with Gasteiger partial charge in [-0.2, -0.15) is 0 Å². The number of benzene rings is 8. The van der Waals surface area contributed by atoms with Crippen LogP contribution >= 0.6 is 15.9 Å². The van der Waals surface area contributed by atoms with Crippen LogP contribution < -0.4 is 0 Å². The zero-order chi connectivity index (χ0) is 28.8. The van der Waals surface area contributed by atoms with E-state index in [0.717, 1.165) is 4.47 Å². The molecule has 0 aliphatic rings. The summed E-state index contributed by atoms with van der Waals surface area (Å²) < 4.78 is 1.11. The molecular formula is C42H27Br. The third-order valence-corrected chi connectivity index (χ3v) is 9.20. The van der Waals surface area contributed by atoms with Crippen molar-refractivity contribution in [2.24, 2.45) is 0 Å². The highest BCUT2D eigenvalue weighted by atomic mass is 79.9. The van der Waals surface area contributed by atoms with Gasteiger partial charge in [-0.15, -0.1) is 0 Å². The molecule has 0 fully saturated rings. The number of rotatable bonds is 4. The molecule has 8 aromatic carbocycles. The highest BCUT2D eigenvalue weighted by Crippen LogP contribution is 2.41. The second-order valence-corrected chi connectivity index (χ2v) is 12.0. The molecular weight excluding hydrogens is 584 g/mol. The Bertz CT molecular complexity index is 2150. The van der Waals surface area contributed by atoms with E-state index in [4.69, 9.17) is 0 Å². The third kappa shape index (κ3) is 4.73. The zero-order valence-electron chi connectivity index (χ0n) is 23.5. The second-order valence-electron chi connectivity index (χ2n) is 11.1. The first-order valence-electron chi connectivity index (χ1n) is 14.6. The summed E-state index contributed by atoms with van der Waals surface area (Å²) in [6.45, 7) is 0. The van der Waals surface area contributed by atoms with E-state index < -0.39 is 0 Å². The van der Waals surface area contributed by atoms with Gasteiger partial charge in [-0.3, -0.25) is 0 Å². The smallest absolute Gasteiger partial charge is 0.0254 e. The number of halogens is 1. The Morgan fingerprint density at radius 1 is 0.302 bits per heavy atom. The van der Waals surface area contributed by atoms with E-state index in [1.807, 2.05) is 0 Å². The van der Waals surface area contributed by atoms with E-state index in [9.17, 15) is 0 Å². The van der Waals surface area contributed by atoms with Crippen LogP contribution in [0.1, 0.15) is 0 Å². The van der Waals surface area contributed by atoms with Crippen LogP contribution in [0.4, 0.5) is 0 Å². The van der Waals surface area contributed by atoms with Gasteiger partial charge in [-0.05, 0) is 107 Å². The largest absolute Gasteiger partial charge is 0.0622 e. The molecule has 0 aliphatic heterocycles. The van der Waals surface area contributed by atoms with E-state index in [1.165, 1.54) is 76.8 Å². The Labute approximate surface area is 260 Å². The van der Waals surface area contributed by atoms with Gasteiger partial charge >= 0.3 is 0 Å². The van der Waals surface area contributed by atoms with Crippen LogP contribution in [0.15, 0.2) is 168 Å². The van der Waals surface area contributed by atoms with Gasteiger partial charge in [-0.25, -0.2) is 0 Å². The summed E-state index contributed by atoms with van der Waals surface area (Å²) in [5, 5.41) is 7.45. The maximum absolute atomic E-state index is 3.85. The van der Waals surface area contributed by atoms with Crippen LogP contribution in [-0.4, -0.2) is 0 Å². The fourth-order valence-electron chi connectivity index (χ4n) is 6.30. The fourth-order valence-corrected chi connectivity index (χ4v) is 6.76. The van der Waals surface area contributed by atoms with Gasteiger partial charge in [0.25, 0.3) is 0 Å². The van der Waals surface area contributed by atoms with Crippen LogP contribution in [0.3, 0.4) is 0 Å². The van der Waals surface area contributed by atoms with Gasteiger partial charge in [0.15, 0.2) is 0 Å². The summed E-state index contributed by atoms with van der Waals surface area (Å²) in [4.78, 5) is 0. The number of hydrogen-bond acceptors (Lipinski definition) is 0. The molecule has 0 spiro atoms. The molecule has 43 heavy (non-hydrogen) atoms. The summed E-state index contributed by atoms with van der Waals surface area (Å²) in [6, 6.07) is 59.5. The van der Waals surface area contributed by atoms with Gasteiger partial charge < -0.3 is 0 Å². The molecule has 1 heteroatoms. The molecule has 0 amide bonds. The molecule has 0 aromatic heterocycles. The molecule has 0 unspecified atom stereocenters. The number of fused-ring (bicyclic) bond motifs is 3. The molecule has 8 rings (SSSR count). The predicted molar refractivity (Wildman–Crippen MR) is 188 cm³/mol. The lowest BCUT2D eigenvalue weighted by molar-refractivity contribution is 1.62. The molecule has 0 saturated heterocycles. The molecule has 0 radical (unpaired) electrons. The van der Waals surface area contributed by atoms with Crippen molar-refractivity contribution in [1.82, 2.24) is 0 Å². The van der Waals surface area contributed by atoms with Gasteiger partial charge in [0.05, 0.1) is 0 Å². The second kappa shape index (κ2) is 10.7. The first kappa shape index (κ1) is 25.7. The highest BCUT2D eigenvalue weighted by Gasteiger charge is 2.14. The minimum Gasteiger partial charge on any atom is -0.0622 e. The van der Waals surface area contributed by atoms with Crippen molar-refractivity contribution in [1.29, 1.82) is 0 Å². The Morgan fingerprint density at radius 2 is 0.744 bits per heavy atom. The van der Waals surface area contributed by atoms with Gasteiger partial charge in [0.1, 0.15) is 0 Å². The molecule has 0 heterocycles. The van der Waals surface area contributed by atoms with Crippen LogP contribution in [0.5, 0.6) is 0 Å². The van der Waals surface area contributed by atoms with Crippen molar-refractivity contribution in [3.05, 3.63) is 168 Å². The molecule has 8 aromatic rings. The molecule has 0 bridgehead atoms. The maximum atomic E-state index is 3.85. The molecule has 202 valence electrons. The minimum atomic E-state index is 1.11. The lowest BCUT2D eigenvalue weighted by atomic mass is 9.89. The van der Waals surface area contributed by atoms with Crippen molar-refractivity contribution in [3.8, 4) is 44.5 Å². The van der Waals surface area contributed by atoms with Gasteiger partial charge in [-0.1, -0.05) is 149 Å². The van der Waals surface area contributed by atoms with E-state index in [-0.39, 0.29) is 0 Å². The first-order chi connectivity index (χ1) is 21.2. The normalized spacial score (nSPS) is 11.4. The Hall–Kier alpha value is -4.98. The molecule has 0 aliphatic carbocycles. The predicted octanol–water partition coefficient (Wildman–Crippen LogP) is 12.6. The quantitative estimate of drug-likeness (QED) is 0.186. The summed E-state index contributed by atoms with van der Waals surface area (Å²) in [6.07, 6.45) is 0. The van der Waals surface area contributed by atoms with E-state index >= 15 is 0 Å². The van der Waals surface area contributed by atoms with Crippen LogP contribution in [0, 0.1) is 0 Å². The number of hydrogen-bond donors (Lipinski definition) is 0. The highest BCUT2D eigenvalue weighted by molar-refractivity contribution is 9.10. The standard InChI is InChI=1S/C42H27Br/c43-41-23-22-39(37-21-19-33-25-31(15-17-35(33)27-37)29-10-5-2-6-11-29)42-38(12-7-13-40(41)42)36-20-18-32-24-30(14-16-34(32)26-36)28-8-3-1-4-9-28/h1-27H. The topological polar surface area (TPSA) is 0 Å². The molecule has 0 nitrogen and oxygen atoms in total. The SMILES string of the molecule is Brc1ccc(-c2ccc3cc(-c4ccccc4)ccc3c2)c2c(-c3ccc4cc(-c5ccccc5)ccc4c3)cccc12. The third-order valence-electron chi connectivity index (χ3n) is 8.50. The van der Waals surface area contributed by atoms with Crippen molar-refractivity contribution >= 4 is 48.2 Å². The Morgan fingerprint density at radius 3 is 1.26 bits per heavy atom. The van der Waals surface area contributed by atoms with Crippen molar-refractivity contribution in [3.63, 3.8) is 0 Å². The molecule has 0 saturated carbocycles. The van der Waals surface area contributed by atoms with Crippen molar-refractivity contribution in [2.75, 3.05) is 0 Å². The first-order valence-corrected chi connectivity index (χ1v) is 15.4. The molecule has 0 atom stereocenters. The molecule has 0 N–H and O–H groups in total. The van der Waals surface area contributed by atoms with Crippen LogP contribution in [-0.2, 0) is 0 Å². The summed E-state index contributed by atoms with van der Waals surface area (Å²) >= 11 is 3.85. The van der Waals surface area contributed by atoms with E-state index in [1.54, 1.807) is 0 Å². The van der Waals surface area contributed by atoms with E-state index in [0.29, 0.717) is 0 Å². The average Bonchev–Trinajstić information content (AvgIpc) is 3.08. The Balaban J connectivity index is 1.25. The summed E-state index contributed by atoms with van der Waals surface area (Å²) in [7, 11) is 0. The zero-order valence-corrected chi connectivity index (χ0v) is 25.1. The van der Waals surface area contributed by atoms with Crippen LogP contribution in [0.25, 0.3) is 76.8 Å². The lowest BCUT2D eigenvalue weighted by Crippen LogP contribution is -1.89. The fraction of sp³-hybridized carbons (Fsp3) is 0. The lowest BCUT2D eigenvalue weighted by Gasteiger charge is -2.15. The van der Waals surface area contributed by atoms with E-state index in [2.05, 4.69) is 180 Å². The average molecular weight is 612 g/mol. The van der Waals surface area contributed by atoms with Crippen LogP contribution in [0.2, 0.25) is 0 Å². The minimum absolute atomic E-state index is 1.11. The van der Waals surface area contributed by atoms with Gasteiger partial charge in [0, 0.05) is 4.47 Å². The Kier molecular flexibility index (Phi) is 6.39. The van der Waals surface area contributed by atoms with Crippen molar-refractivity contribution < 1.29 is 0 Å².